The molecular weight excluding hydrogens is 104 g/mol. The summed E-state index contributed by atoms with van der Waals surface area (Å²) in [5, 5.41) is 14.1. The van der Waals surface area contributed by atoms with E-state index in [0.29, 0.717) is 6.04 Å². The van der Waals surface area contributed by atoms with Gasteiger partial charge in [-0.25, -0.2) is 0 Å². The third-order valence-corrected chi connectivity index (χ3v) is 1.35. The highest BCUT2D eigenvalue weighted by molar-refractivity contribution is 5.63. The lowest BCUT2D eigenvalue weighted by Crippen LogP contribution is -2.22. The van der Waals surface area contributed by atoms with E-state index in [1.807, 2.05) is 0 Å². The molecule has 2 N–H and O–H groups in total. The molecule has 46 valence electrons. The standard InChI is InChI=1S/C5H10N2O/c8-7-4-5-2-1-3-6-5/h4-6,8H,1-3H2/b7-4+/t5-/m1/s1. The fourth-order valence-corrected chi connectivity index (χ4v) is 0.919. The summed E-state index contributed by atoms with van der Waals surface area (Å²) in [5.41, 5.74) is 0. The van der Waals surface area contributed by atoms with Gasteiger partial charge in [-0.2, -0.15) is 0 Å². The first-order valence-electron chi connectivity index (χ1n) is 2.84. The predicted molar refractivity (Wildman–Crippen MR) is 31.3 cm³/mol. The summed E-state index contributed by atoms with van der Waals surface area (Å²) < 4.78 is 0. The van der Waals surface area contributed by atoms with E-state index in [2.05, 4.69) is 10.5 Å². The van der Waals surface area contributed by atoms with Crippen molar-refractivity contribution in [3.63, 3.8) is 0 Å². The molecule has 1 rings (SSSR count). The van der Waals surface area contributed by atoms with E-state index in [9.17, 15) is 0 Å². The van der Waals surface area contributed by atoms with E-state index in [-0.39, 0.29) is 0 Å². The summed E-state index contributed by atoms with van der Waals surface area (Å²) in [7, 11) is 0. The van der Waals surface area contributed by atoms with Gasteiger partial charge in [0.1, 0.15) is 0 Å². The maximum Gasteiger partial charge on any atom is 0.0605 e. The Bertz CT molecular complexity index is 86.4. The summed E-state index contributed by atoms with van der Waals surface area (Å²) in [6.45, 7) is 1.05. The molecule has 0 unspecified atom stereocenters. The lowest BCUT2D eigenvalue weighted by molar-refractivity contribution is 0.319. The second-order valence-electron chi connectivity index (χ2n) is 1.97. The van der Waals surface area contributed by atoms with E-state index in [1.165, 1.54) is 12.6 Å². The van der Waals surface area contributed by atoms with Crippen molar-refractivity contribution in [2.24, 2.45) is 5.16 Å². The van der Waals surface area contributed by atoms with Gasteiger partial charge in [0.15, 0.2) is 0 Å². The van der Waals surface area contributed by atoms with E-state index >= 15 is 0 Å². The highest BCUT2D eigenvalue weighted by atomic mass is 16.4. The second kappa shape index (κ2) is 2.67. The Hall–Kier alpha value is -0.570. The van der Waals surface area contributed by atoms with Crippen LogP contribution in [-0.2, 0) is 0 Å². The van der Waals surface area contributed by atoms with E-state index < -0.39 is 0 Å². The monoisotopic (exact) mass is 114 g/mol. The molecule has 8 heavy (non-hydrogen) atoms. The summed E-state index contributed by atoms with van der Waals surface area (Å²) in [5.74, 6) is 0. The average Bonchev–Trinajstić information content (AvgIpc) is 2.19. The summed E-state index contributed by atoms with van der Waals surface area (Å²) in [4.78, 5) is 0. The summed E-state index contributed by atoms with van der Waals surface area (Å²) in [6.07, 6.45) is 3.83. The molecule has 1 heterocycles. The average molecular weight is 114 g/mol. The number of rotatable bonds is 1. The number of oxime groups is 1. The molecule has 1 saturated heterocycles. The minimum Gasteiger partial charge on any atom is -0.411 e. The third-order valence-electron chi connectivity index (χ3n) is 1.35. The van der Waals surface area contributed by atoms with Gasteiger partial charge in [0.2, 0.25) is 0 Å². The molecule has 0 radical (unpaired) electrons. The van der Waals surface area contributed by atoms with Crippen molar-refractivity contribution in [3.05, 3.63) is 0 Å². The van der Waals surface area contributed by atoms with Crippen LogP contribution in [0.25, 0.3) is 0 Å². The van der Waals surface area contributed by atoms with Crippen molar-refractivity contribution < 1.29 is 5.21 Å². The zero-order chi connectivity index (χ0) is 5.82. The van der Waals surface area contributed by atoms with E-state index in [4.69, 9.17) is 5.21 Å². The molecule has 3 nitrogen and oxygen atoms in total. The number of nitrogens with one attached hydrogen (secondary N) is 1. The molecule has 1 atom stereocenters. The van der Waals surface area contributed by atoms with Crippen LogP contribution in [0.2, 0.25) is 0 Å². The first kappa shape index (κ1) is 5.56. The van der Waals surface area contributed by atoms with Gasteiger partial charge in [-0.3, -0.25) is 0 Å². The van der Waals surface area contributed by atoms with Gasteiger partial charge in [0, 0.05) is 6.04 Å². The molecule has 0 spiro atoms. The fraction of sp³-hybridized carbons (Fsp3) is 0.800. The van der Waals surface area contributed by atoms with Crippen LogP contribution < -0.4 is 5.32 Å². The molecule has 0 aromatic carbocycles. The molecule has 1 fully saturated rings. The van der Waals surface area contributed by atoms with E-state index in [1.54, 1.807) is 0 Å². The lowest BCUT2D eigenvalue weighted by atomic mass is 10.2. The molecule has 0 bridgehead atoms. The summed E-state index contributed by atoms with van der Waals surface area (Å²) >= 11 is 0. The van der Waals surface area contributed by atoms with E-state index in [0.717, 1.165) is 13.0 Å². The minimum atomic E-state index is 0.319. The van der Waals surface area contributed by atoms with Gasteiger partial charge in [-0.1, -0.05) is 0 Å². The van der Waals surface area contributed by atoms with Crippen molar-refractivity contribution in [1.29, 1.82) is 0 Å². The Morgan fingerprint density at radius 3 is 3.12 bits per heavy atom. The van der Waals surface area contributed by atoms with Gasteiger partial charge in [0.05, 0.1) is 6.21 Å². The van der Waals surface area contributed by atoms with Crippen molar-refractivity contribution in [2.45, 2.75) is 18.9 Å². The Balaban J connectivity index is 2.24. The SMILES string of the molecule is O/N=C/[C@H]1CCCN1. The number of hydrogen-bond acceptors (Lipinski definition) is 3. The highest BCUT2D eigenvalue weighted by Gasteiger charge is 2.10. The van der Waals surface area contributed by atoms with Gasteiger partial charge in [0.25, 0.3) is 0 Å². The topological polar surface area (TPSA) is 44.6 Å². The smallest absolute Gasteiger partial charge is 0.0605 e. The maximum atomic E-state index is 8.06. The molecule has 1 aliphatic rings. The molecule has 3 heteroatoms. The van der Waals surface area contributed by atoms with Crippen LogP contribution in [0.3, 0.4) is 0 Å². The quantitative estimate of drug-likeness (QED) is 0.290. The largest absolute Gasteiger partial charge is 0.411 e. The van der Waals surface area contributed by atoms with Crippen molar-refractivity contribution in [2.75, 3.05) is 6.54 Å². The van der Waals surface area contributed by atoms with Gasteiger partial charge < -0.3 is 10.5 Å². The van der Waals surface area contributed by atoms with Crippen LogP contribution in [-0.4, -0.2) is 24.0 Å². The molecule has 0 amide bonds. The normalized spacial score (nSPS) is 29.8. The zero-order valence-electron chi connectivity index (χ0n) is 4.67. The molecule has 0 aromatic heterocycles. The van der Waals surface area contributed by atoms with Crippen molar-refractivity contribution in [1.82, 2.24) is 5.32 Å². The van der Waals surface area contributed by atoms with Crippen molar-refractivity contribution >= 4 is 6.21 Å². The Labute approximate surface area is 48.4 Å². The van der Waals surface area contributed by atoms with Crippen LogP contribution in [0.4, 0.5) is 0 Å². The molecule has 1 aliphatic heterocycles. The molecule has 0 aliphatic carbocycles. The number of nitrogens with zero attached hydrogens (tertiary/aromatic N) is 1. The van der Waals surface area contributed by atoms with Crippen molar-refractivity contribution in [3.8, 4) is 0 Å². The predicted octanol–water partition coefficient (Wildman–Crippen LogP) is 0.198. The van der Waals surface area contributed by atoms with Crippen LogP contribution in [0.5, 0.6) is 0 Å². The maximum absolute atomic E-state index is 8.06. The Morgan fingerprint density at radius 1 is 1.75 bits per heavy atom. The van der Waals surface area contributed by atoms with Crippen LogP contribution in [0.1, 0.15) is 12.8 Å². The van der Waals surface area contributed by atoms with Gasteiger partial charge >= 0.3 is 0 Å². The first-order valence-corrected chi connectivity index (χ1v) is 2.84. The zero-order valence-corrected chi connectivity index (χ0v) is 4.67. The number of hydrogen-bond donors (Lipinski definition) is 2. The molecular formula is C5H10N2O. The van der Waals surface area contributed by atoms with Crippen LogP contribution in [0.15, 0.2) is 5.16 Å². The van der Waals surface area contributed by atoms with Gasteiger partial charge in [-0.05, 0) is 19.4 Å². The van der Waals surface area contributed by atoms with Crippen LogP contribution in [0, 0.1) is 0 Å². The molecule has 0 aromatic rings. The summed E-state index contributed by atoms with van der Waals surface area (Å²) in [6, 6.07) is 0.319. The van der Waals surface area contributed by atoms with Gasteiger partial charge in [-0.15, -0.1) is 5.16 Å². The first-order chi connectivity index (χ1) is 3.93. The lowest BCUT2D eigenvalue weighted by Gasteiger charge is -1.97. The minimum absolute atomic E-state index is 0.319. The Kier molecular flexibility index (Phi) is 1.86. The second-order valence-corrected chi connectivity index (χ2v) is 1.97. The fourth-order valence-electron chi connectivity index (χ4n) is 0.919. The van der Waals surface area contributed by atoms with Crippen LogP contribution >= 0.6 is 0 Å². The molecule has 0 saturated carbocycles. The third kappa shape index (κ3) is 1.20. The highest BCUT2D eigenvalue weighted by Crippen LogP contribution is 2.01. The Morgan fingerprint density at radius 2 is 2.62 bits per heavy atom.